The molecule has 0 saturated carbocycles. The third kappa shape index (κ3) is 4.28. The van der Waals surface area contributed by atoms with Gasteiger partial charge in [0.05, 0.1) is 0 Å². The molecule has 88 valence electrons. The van der Waals surface area contributed by atoms with Crippen LogP contribution < -0.4 is 5.32 Å². The van der Waals surface area contributed by atoms with Crippen LogP contribution in [0.1, 0.15) is 36.7 Å². The van der Waals surface area contributed by atoms with E-state index in [1.165, 1.54) is 18.3 Å². The van der Waals surface area contributed by atoms with Crippen molar-refractivity contribution >= 4 is 39.8 Å². The monoisotopic (exact) mass is 260 g/mol. The summed E-state index contributed by atoms with van der Waals surface area (Å²) in [6, 6.07) is 0. The summed E-state index contributed by atoms with van der Waals surface area (Å²) in [6.45, 7) is 1.45. The Labute approximate surface area is 103 Å². The summed E-state index contributed by atoms with van der Waals surface area (Å²) in [7, 11) is 0. The van der Waals surface area contributed by atoms with Gasteiger partial charge in [-0.15, -0.1) is 22.9 Å². The maximum Gasteiger partial charge on any atom is 0.226 e. The first-order valence-corrected chi connectivity index (χ1v) is 6.37. The van der Waals surface area contributed by atoms with Crippen LogP contribution in [0.5, 0.6) is 0 Å². The molecule has 0 saturated heterocycles. The van der Waals surface area contributed by atoms with E-state index in [-0.39, 0.29) is 11.7 Å². The minimum Gasteiger partial charge on any atom is -0.302 e. The standard InChI is InChI=1S/C10H13ClN2O2S/c1-7(14)8-6-16-10(12-8)13-9(15)4-2-3-5-11/h6H,2-5H2,1H3,(H,12,13,15). The number of unbranched alkanes of at least 4 members (excludes halogenated alkanes) is 1. The summed E-state index contributed by atoms with van der Waals surface area (Å²) >= 11 is 6.76. The summed E-state index contributed by atoms with van der Waals surface area (Å²) in [5.74, 6) is 0.382. The molecule has 0 spiro atoms. The molecule has 1 amide bonds. The minimum atomic E-state index is -0.0983. The summed E-state index contributed by atoms with van der Waals surface area (Å²) in [5, 5.41) is 4.76. The Morgan fingerprint density at radius 3 is 2.81 bits per heavy atom. The molecule has 0 aliphatic heterocycles. The lowest BCUT2D eigenvalue weighted by molar-refractivity contribution is -0.116. The molecule has 1 N–H and O–H groups in total. The quantitative estimate of drug-likeness (QED) is 0.486. The van der Waals surface area contributed by atoms with Crippen LogP contribution in [-0.2, 0) is 4.79 Å². The van der Waals surface area contributed by atoms with Gasteiger partial charge in [0, 0.05) is 24.6 Å². The fraction of sp³-hybridized carbons (Fsp3) is 0.500. The van der Waals surface area contributed by atoms with E-state index in [1.807, 2.05) is 0 Å². The molecule has 1 heterocycles. The van der Waals surface area contributed by atoms with E-state index < -0.39 is 0 Å². The summed E-state index contributed by atoms with van der Waals surface area (Å²) in [6.07, 6.45) is 2.02. The number of aromatic nitrogens is 1. The fourth-order valence-electron chi connectivity index (χ4n) is 1.05. The van der Waals surface area contributed by atoms with Gasteiger partial charge in [0.25, 0.3) is 0 Å². The van der Waals surface area contributed by atoms with E-state index >= 15 is 0 Å². The van der Waals surface area contributed by atoms with Gasteiger partial charge in [0.15, 0.2) is 10.9 Å². The average molecular weight is 261 g/mol. The predicted molar refractivity (Wildman–Crippen MR) is 65.3 cm³/mol. The maximum absolute atomic E-state index is 11.4. The van der Waals surface area contributed by atoms with Crippen molar-refractivity contribution in [2.75, 3.05) is 11.2 Å². The Kier molecular flexibility index (Phi) is 5.42. The minimum absolute atomic E-state index is 0.0884. The first-order chi connectivity index (χ1) is 7.63. The predicted octanol–water partition coefficient (Wildman–Crippen LogP) is 2.69. The van der Waals surface area contributed by atoms with Crippen LogP contribution in [0.4, 0.5) is 5.13 Å². The van der Waals surface area contributed by atoms with Crippen LogP contribution in [0.2, 0.25) is 0 Å². The van der Waals surface area contributed by atoms with E-state index in [1.54, 1.807) is 5.38 Å². The number of alkyl halides is 1. The zero-order chi connectivity index (χ0) is 12.0. The van der Waals surface area contributed by atoms with Crippen LogP contribution in [0.3, 0.4) is 0 Å². The van der Waals surface area contributed by atoms with E-state index in [2.05, 4.69) is 10.3 Å². The lowest BCUT2D eigenvalue weighted by Crippen LogP contribution is -2.11. The van der Waals surface area contributed by atoms with E-state index in [4.69, 9.17) is 11.6 Å². The molecule has 0 bridgehead atoms. The normalized spacial score (nSPS) is 10.1. The van der Waals surface area contributed by atoms with Gasteiger partial charge in [-0.2, -0.15) is 0 Å². The second kappa shape index (κ2) is 6.60. The third-order valence-corrected chi connectivity index (χ3v) is 2.92. The fourth-order valence-corrected chi connectivity index (χ4v) is 2.01. The van der Waals surface area contributed by atoms with E-state index in [9.17, 15) is 9.59 Å². The van der Waals surface area contributed by atoms with Crippen molar-refractivity contribution in [2.24, 2.45) is 0 Å². The topological polar surface area (TPSA) is 59.1 Å². The smallest absolute Gasteiger partial charge is 0.226 e. The molecule has 1 aromatic heterocycles. The first-order valence-electron chi connectivity index (χ1n) is 4.95. The van der Waals surface area contributed by atoms with Crippen molar-refractivity contribution in [1.82, 2.24) is 4.98 Å². The highest BCUT2D eigenvalue weighted by molar-refractivity contribution is 7.14. The van der Waals surface area contributed by atoms with Crippen molar-refractivity contribution in [2.45, 2.75) is 26.2 Å². The average Bonchev–Trinajstić information content (AvgIpc) is 2.66. The molecular weight excluding hydrogens is 248 g/mol. The number of hydrogen-bond acceptors (Lipinski definition) is 4. The van der Waals surface area contributed by atoms with Gasteiger partial charge in [-0.05, 0) is 12.8 Å². The number of ketones is 1. The number of rotatable bonds is 6. The Hall–Kier alpha value is -0.940. The molecule has 0 aromatic carbocycles. The lowest BCUT2D eigenvalue weighted by Gasteiger charge is -1.99. The number of nitrogens with zero attached hydrogens (tertiary/aromatic N) is 1. The third-order valence-electron chi connectivity index (χ3n) is 1.90. The number of hydrogen-bond donors (Lipinski definition) is 1. The summed E-state index contributed by atoms with van der Waals surface area (Å²) < 4.78 is 0. The molecule has 4 nitrogen and oxygen atoms in total. The number of anilines is 1. The number of nitrogens with one attached hydrogen (secondary N) is 1. The lowest BCUT2D eigenvalue weighted by atomic mass is 10.2. The van der Waals surface area contributed by atoms with E-state index in [0.717, 1.165) is 12.8 Å². The molecule has 6 heteroatoms. The number of Topliss-reactive ketones (excluding diaryl/α,β-unsaturated/α-hetero) is 1. The zero-order valence-corrected chi connectivity index (χ0v) is 10.5. The number of thiazole rings is 1. The van der Waals surface area contributed by atoms with Gasteiger partial charge in [-0.25, -0.2) is 4.98 Å². The highest BCUT2D eigenvalue weighted by Gasteiger charge is 2.08. The molecule has 1 aromatic rings. The molecule has 0 atom stereocenters. The zero-order valence-electron chi connectivity index (χ0n) is 8.96. The van der Waals surface area contributed by atoms with Gasteiger partial charge in [-0.3, -0.25) is 9.59 Å². The van der Waals surface area contributed by atoms with Gasteiger partial charge in [0.1, 0.15) is 5.69 Å². The first kappa shape index (κ1) is 13.1. The highest BCUT2D eigenvalue weighted by Crippen LogP contribution is 2.16. The van der Waals surface area contributed by atoms with Crippen LogP contribution in [0, 0.1) is 0 Å². The number of carbonyl (C=O) groups is 2. The SMILES string of the molecule is CC(=O)c1csc(NC(=O)CCCCCl)n1. The van der Waals surface area contributed by atoms with E-state index in [0.29, 0.717) is 23.1 Å². The summed E-state index contributed by atoms with van der Waals surface area (Å²) in [5.41, 5.74) is 0.390. The van der Waals surface area contributed by atoms with Gasteiger partial charge < -0.3 is 5.32 Å². The second-order valence-corrected chi connectivity index (χ2v) is 4.52. The molecule has 0 fully saturated rings. The second-order valence-electron chi connectivity index (χ2n) is 3.29. The Morgan fingerprint density at radius 1 is 1.50 bits per heavy atom. The molecule has 0 aliphatic carbocycles. The number of carbonyl (C=O) groups excluding carboxylic acids is 2. The van der Waals surface area contributed by atoms with Crippen LogP contribution in [0.15, 0.2) is 5.38 Å². The van der Waals surface area contributed by atoms with Gasteiger partial charge >= 0.3 is 0 Å². The van der Waals surface area contributed by atoms with Crippen LogP contribution in [0.25, 0.3) is 0 Å². The van der Waals surface area contributed by atoms with Crippen LogP contribution >= 0.6 is 22.9 Å². The molecule has 0 radical (unpaired) electrons. The number of halogens is 1. The van der Waals surface area contributed by atoms with Crippen molar-refractivity contribution in [3.8, 4) is 0 Å². The summed E-state index contributed by atoms with van der Waals surface area (Å²) in [4.78, 5) is 26.4. The van der Waals surface area contributed by atoms with Gasteiger partial charge in [0.2, 0.25) is 5.91 Å². The van der Waals surface area contributed by atoms with Gasteiger partial charge in [-0.1, -0.05) is 0 Å². The van der Waals surface area contributed by atoms with Crippen LogP contribution in [-0.4, -0.2) is 22.6 Å². The molecule has 0 unspecified atom stereocenters. The molecular formula is C10H13ClN2O2S. The van der Waals surface area contributed by atoms with Crippen molar-refractivity contribution in [3.63, 3.8) is 0 Å². The van der Waals surface area contributed by atoms with Crippen molar-refractivity contribution in [1.29, 1.82) is 0 Å². The molecule has 0 aliphatic rings. The van der Waals surface area contributed by atoms with Crippen molar-refractivity contribution in [3.05, 3.63) is 11.1 Å². The molecule has 1 rings (SSSR count). The molecule has 16 heavy (non-hydrogen) atoms. The Bertz CT molecular complexity index is 379. The highest BCUT2D eigenvalue weighted by atomic mass is 35.5. The maximum atomic E-state index is 11.4. The van der Waals surface area contributed by atoms with Crippen molar-refractivity contribution < 1.29 is 9.59 Å². The Balaban J connectivity index is 2.40. The largest absolute Gasteiger partial charge is 0.302 e. The number of amides is 1. The Morgan fingerprint density at radius 2 is 2.25 bits per heavy atom.